The van der Waals surface area contributed by atoms with E-state index in [4.69, 9.17) is 7.85 Å². The number of benzene rings is 1. The summed E-state index contributed by atoms with van der Waals surface area (Å²) in [5, 5.41) is 0. The van der Waals surface area contributed by atoms with Crippen molar-refractivity contribution in [3.63, 3.8) is 0 Å². The van der Waals surface area contributed by atoms with Crippen molar-refractivity contribution < 1.29 is 7.85 Å². The van der Waals surface area contributed by atoms with Gasteiger partial charge in [-0.2, -0.15) is 0 Å². The molecular weight excluding hydrogens is 313 g/mol. The molecule has 3 heteroatoms. The summed E-state index contributed by atoms with van der Waals surface area (Å²) in [6, 6.07) is 7.99. The Kier molecular flexibility index (Phi) is 1.40. The second-order valence-electron chi connectivity index (χ2n) is 1.76. The first-order chi connectivity index (χ1) is 4.47. The van der Waals surface area contributed by atoms with Crippen molar-refractivity contribution >= 4 is 26.9 Å². The molecule has 1 aromatic rings. The summed E-state index contributed by atoms with van der Waals surface area (Å²) in [5.74, 6) is 0.931. The van der Waals surface area contributed by atoms with Crippen LogP contribution in [-0.2, 0) is 2.96 Å². The van der Waals surface area contributed by atoms with Crippen LogP contribution in [0.25, 0.3) is 0 Å². The molecule has 0 atom stereocenters. The third-order valence-corrected chi connectivity index (χ3v) is 4.28. The first-order valence-corrected chi connectivity index (χ1v) is 6.18. The maximum atomic E-state index is 4.91. The summed E-state index contributed by atoms with van der Waals surface area (Å²) >= 11 is -0.975. The number of para-hydroxylation sites is 1. The van der Waals surface area contributed by atoms with Gasteiger partial charge in [0.15, 0.2) is 0 Å². The zero-order valence-corrected chi connectivity index (χ0v) is 8.51. The molecule has 9 heavy (non-hydrogen) atoms. The van der Waals surface area contributed by atoms with Gasteiger partial charge in [0.25, 0.3) is 0 Å². The third-order valence-electron chi connectivity index (χ3n) is 1.17. The standard InChI is InChI=1S/C6H5O2.Bi.H/c7-8-6-4-2-1-3-5-6;;/h1-4,7H;;/q;+1;/p-1. The van der Waals surface area contributed by atoms with E-state index in [9.17, 15) is 0 Å². The molecule has 1 aromatic carbocycles. The van der Waals surface area contributed by atoms with Crippen LogP contribution in [0.1, 0.15) is 0 Å². The Morgan fingerprint density at radius 2 is 2.11 bits per heavy atom. The number of hydrogen-bond donors (Lipinski definition) is 0. The van der Waals surface area contributed by atoms with Gasteiger partial charge in [0, 0.05) is 0 Å². The molecule has 1 aliphatic rings. The van der Waals surface area contributed by atoms with Crippen molar-refractivity contribution in [2.24, 2.45) is 0 Å². The van der Waals surface area contributed by atoms with Crippen LogP contribution in [-0.4, -0.2) is 23.7 Å². The molecule has 0 spiro atoms. The predicted molar refractivity (Wildman–Crippen MR) is 34.9 cm³/mol. The third kappa shape index (κ3) is 0.951. The van der Waals surface area contributed by atoms with Crippen LogP contribution in [0.3, 0.4) is 0 Å². The van der Waals surface area contributed by atoms with E-state index in [0.29, 0.717) is 0 Å². The molecule has 0 saturated carbocycles. The van der Waals surface area contributed by atoms with Crippen LogP contribution < -0.4 is 8.16 Å². The first-order valence-electron chi connectivity index (χ1n) is 2.65. The van der Waals surface area contributed by atoms with E-state index in [-0.39, 0.29) is 0 Å². The predicted octanol–water partition coefficient (Wildman–Crippen LogP) is -0.0126. The fourth-order valence-corrected chi connectivity index (χ4v) is 3.11. The van der Waals surface area contributed by atoms with Gasteiger partial charge in [-0.1, -0.05) is 0 Å². The van der Waals surface area contributed by atoms with E-state index in [0.717, 1.165) is 5.75 Å². The summed E-state index contributed by atoms with van der Waals surface area (Å²) < 4.78 is 6.23. The minimum atomic E-state index is -0.975. The Morgan fingerprint density at radius 1 is 1.22 bits per heavy atom. The molecule has 46 valence electrons. The minimum absolute atomic E-state index is 0.931. The fraction of sp³-hybridized carbons (Fsp3) is 0. The number of hydrogen-bond acceptors (Lipinski definition) is 2. The van der Waals surface area contributed by atoms with Gasteiger partial charge in [-0.15, -0.1) is 0 Å². The molecule has 0 bridgehead atoms. The van der Waals surface area contributed by atoms with Crippen molar-refractivity contribution in [3.8, 4) is 5.75 Å². The van der Waals surface area contributed by atoms with Crippen LogP contribution in [0.4, 0.5) is 0 Å². The fourth-order valence-electron chi connectivity index (χ4n) is 0.734. The van der Waals surface area contributed by atoms with Crippen LogP contribution in [0.5, 0.6) is 5.75 Å². The molecule has 0 radical (unpaired) electrons. The molecule has 0 N–H and O–H groups in total. The Bertz CT molecular complexity index is 201. The Labute approximate surface area is 64.9 Å². The van der Waals surface area contributed by atoms with Gasteiger partial charge >= 0.3 is 64.8 Å². The van der Waals surface area contributed by atoms with E-state index in [1.165, 1.54) is 3.27 Å². The molecule has 0 aromatic heterocycles. The van der Waals surface area contributed by atoms with Crippen molar-refractivity contribution in [2.75, 3.05) is 0 Å². The Balaban J connectivity index is 2.54. The van der Waals surface area contributed by atoms with E-state index in [2.05, 4.69) is 6.07 Å². The first kappa shape index (κ1) is 5.63. The Hall–Kier alpha value is -0.137. The molecule has 0 aliphatic carbocycles. The summed E-state index contributed by atoms with van der Waals surface area (Å²) in [4.78, 5) is 4.88. The summed E-state index contributed by atoms with van der Waals surface area (Å²) in [7, 11) is 0. The molecule has 1 aliphatic heterocycles. The van der Waals surface area contributed by atoms with Crippen LogP contribution in [0.2, 0.25) is 0 Å². The van der Waals surface area contributed by atoms with Crippen LogP contribution in [0, 0.1) is 0 Å². The van der Waals surface area contributed by atoms with Gasteiger partial charge < -0.3 is 0 Å². The molecular formula is C6H5BiO2. The maximum absolute atomic E-state index is 4.91. The van der Waals surface area contributed by atoms with Crippen molar-refractivity contribution in [3.05, 3.63) is 24.3 Å². The molecule has 1 heterocycles. The van der Waals surface area contributed by atoms with Gasteiger partial charge in [-0.3, -0.25) is 0 Å². The molecule has 2 nitrogen and oxygen atoms in total. The molecule has 0 fully saturated rings. The van der Waals surface area contributed by atoms with Gasteiger partial charge in [0.2, 0.25) is 0 Å². The molecule has 0 amide bonds. The second kappa shape index (κ2) is 2.24. The van der Waals surface area contributed by atoms with E-state index >= 15 is 0 Å². The zero-order chi connectivity index (χ0) is 6.10. The summed E-state index contributed by atoms with van der Waals surface area (Å²) in [5.41, 5.74) is 0. The Morgan fingerprint density at radius 3 is 3.00 bits per heavy atom. The SMILES string of the molecule is c1cc[c]2c(c1)O[O][BiH]2. The topological polar surface area (TPSA) is 18.5 Å². The quantitative estimate of drug-likeness (QED) is 0.495. The van der Waals surface area contributed by atoms with Crippen LogP contribution in [0.15, 0.2) is 24.3 Å². The van der Waals surface area contributed by atoms with E-state index in [1.54, 1.807) is 0 Å². The van der Waals surface area contributed by atoms with E-state index in [1.807, 2.05) is 18.2 Å². The van der Waals surface area contributed by atoms with Gasteiger partial charge in [-0.05, 0) is 0 Å². The molecule has 2 rings (SSSR count). The van der Waals surface area contributed by atoms with E-state index < -0.39 is 23.7 Å². The number of rotatable bonds is 0. The molecule has 0 saturated heterocycles. The summed E-state index contributed by atoms with van der Waals surface area (Å²) in [6.07, 6.45) is 0. The monoisotopic (exact) mass is 318 g/mol. The average Bonchev–Trinajstić information content (AvgIpc) is 2.33. The molecule has 0 unspecified atom stereocenters. The van der Waals surface area contributed by atoms with Crippen molar-refractivity contribution in [2.45, 2.75) is 0 Å². The summed E-state index contributed by atoms with van der Waals surface area (Å²) in [6.45, 7) is 0. The normalized spacial score (nSPS) is 14.7. The number of fused-ring (bicyclic) bond motifs is 1. The van der Waals surface area contributed by atoms with Crippen molar-refractivity contribution in [1.82, 2.24) is 0 Å². The zero-order valence-electron chi connectivity index (χ0n) is 4.63. The van der Waals surface area contributed by atoms with Gasteiger partial charge in [0.05, 0.1) is 0 Å². The van der Waals surface area contributed by atoms with Crippen molar-refractivity contribution in [1.29, 1.82) is 0 Å². The van der Waals surface area contributed by atoms with Gasteiger partial charge in [-0.25, -0.2) is 0 Å². The van der Waals surface area contributed by atoms with Gasteiger partial charge in [0.1, 0.15) is 0 Å². The van der Waals surface area contributed by atoms with Crippen LogP contribution >= 0.6 is 0 Å². The second-order valence-corrected chi connectivity index (χ2v) is 5.30. The average molecular weight is 318 g/mol.